The van der Waals surface area contributed by atoms with E-state index in [1.165, 1.54) is 19.1 Å². The fourth-order valence-corrected chi connectivity index (χ4v) is 4.32. The number of fused-ring (bicyclic) bond motifs is 1. The molecule has 4 rings (SSSR count). The highest BCUT2D eigenvalue weighted by Gasteiger charge is 2.38. The Morgan fingerprint density at radius 2 is 2.10 bits per heavy atom. The van der Waals surface area contributed by atoms with E-state index >= 15 is 0 Å². The van der Waals surface area contributed by atoms with Crippen LogP contribution in [0.3, 0.4) is 0 Å². The van der Waals surface area contributed by atoms with Crippen molar-refractivity contribution in [3.05, 3.63) is 58.9 Å². The minimum absolute atomic E-state index is 0.0753. The molecule has 1 unspecified atom stereocenters. The molecule has 1 aliphatic carbocycles. The first-order chi connectivity index (χ1) is 14.6. The van der Waals surface area contributed by atoms with Gasteiger partial charge in [-0.25, -0.2) is 9.37 Å². The van der Waals surface area contributed by atoms with Crippen molar-refractivity contribution in [1.29, 1.82) is 5.26 Å². The zero-order chi connectivity index (χ0) is 22.4. The van der Waals surface area contributed by atoms with Gasteiger partial charge in [0.2, 0.25) is 11.9 Å². The summed E-state index contributed by atoms with van der Waals surface area (Å²) in [6.07, 6.45) is 2.62. The van der Waals surface area contributed by atoms with E-state index in [4.69, 9.17) is 0 Å². The molecule has 3 aromatic rings. The largest absolute Gasteiger partial charge is 0.385 e. The van der Waals surface area contributed by atoms with Gasteiger partial charge in [0.25, 0.3) is 0 Å². The molecule has 0 aliphatic heterocycles. The van der Waals surface area contributed by atoms with E-state index in [-0.39, 0.29) is 17.5 Å². The van der Waals surface area contributed by atoms with E-state index in [0.717, 1.165) is 30.3 Å². The van der Waals surface area contributed by atoms with Crippen LogP contribution in [-0.4, -0.2) is 20.6 Å². The lowest BCUT2D eigenvalue weighted by atomic mass is 9.78. The highest BCUT2D eigenvalue weighted by atomic mass is 19.1. The number of anilines is 1. The second-order valence-corrected chi connectivity index (χ2v) is 8.92. The first-order valence-electron chi connectivity index (χ1n) is 10.3. The molecule has 0 bridgehead atoms. The van der Waals surface area contributed by atoms with Gasteiger partial charge in [-0.3, -0.25) is 10.1 Å². The number of halogens is 1. The van der Waals surface area contributed by atoms with Gasteiger partial charge in [-0.05, 0) is 69.9 Å². The monoisotopic (exact) mass is 420 g/mol. The van der Waals surface area contributed by atoms with Crippen LogP contribution in [0.4, 0.5) is 10.3 Å². The third-order valence-corrected chi connectivity index (χ3v) is 6.21. The van der Waals surface area contributed by atoms with Gasteiger partial charge >= 0.3 is 0 Å². The Balaban J connectivity index is 1.66. The van der Waals surface area contributed by atoms with Crippen molar-refractivity contribution in [2.45, 2.75) is 57.6 Å². The van der Waals surface area contributed by atoms with Gasteiger partial charge in [-0.1, -0.05) is 12.1 Å². The molecule has 0 saturated heterocycles. The van der Waals surface area contributed by atoms with Gasteiger partial charge in [-0.2, -0.15) is 5.26 Å². The van der Waals surface area contributed by atoms with Crippen molar-refractivity contribution in [3.8, 4) is 6.07 Å². The molecule has 2 N–H and O–H groups in total. The Morgan fingerprint density at radius 3 is 2.71 bits per heavy atom. The molecule has 2 aromatic carbocycles. The molecule has 1 aliphatic rings. The summed E-state index contributed by atoms with van der Waals surface area (Å²) in [5, 5.41) is 22.9. The van der Waals surface area contributed by atoms with E-state index in [1.54, 1.807) is 31.2 Å². The standard InChI is InChI=1S/C24H25FN4O2/c1-15-5-7-17(18(25)11-15)24(3,31)13-21(30)28-22-27-19-8-6-16(14-26)12-20(19)29(22)23(2)9-4-10-23/h5-8,11-12,31H,4,9-10,13H2,1-3H3,(H,27,28,30). The molecule has 31 heavy (non-hydrogen) atoms. The number of amides is 1. The minimum atomic E-state index is -1.67. The fraction of sp³-hybridized carbons (Fsp3) is 0.375. The van der Waals surface area contributed by atoms with Crippen LogP contribution >= 0.6 is 0 Å². The lowest BCUT2D eigenvalue weighted by molar-refractivity contribution is -0.120. The zero-order valence-corrected chi connectivity index (χ0v) is 17.9. The molecule has 7 heteroatoms. The van der Waals surface area contributed by atoms with Gasteiger partial charge in [0, 0.05) is 11.1 Å². The summed E-state index contributed by atoms with van der Waals surface area (Å²) < 4.78 is 16.4. The van der Waals surface area contributed by atoms with Crippen molar-refractivity contribution in [2.24, 2.45) is 0 Å². The molecule has 1 saturated carbocycles. The average molecular weight is 420 g/mol. The van der Waals surface area contributed by atoms with E-state index < -0.39 is 17.3 Å². The van der Waals surface area contributed by atoms with Gasteiger partial charge in [0.15, 0.2) is 0 Å². The number of aryl methyl sites for hydroxylation is 1. The molecular weight excluding hydrogens is 395 g/mol. The number of aromatic nitrogens is 2. The molecule has 6 nitrogen and oxygen atoms in total. The summed E-state index contributed by atoms with van der Waals surface area (Å²) in [4.78, 5) is 17.4. The number of hydrogen-bond donors (Lipinski definition) is 2. The van der Waals surface area contributed by atoms with Crippen molar-refractivity contribution < 1.29 is 14.3 Å². The van der Waals surface area contributed by atoms with Gasteiger partial charge in [-0.15, -0.1) is 0 Å². The number of aliphatic hydroxyl groups is 1. The first-order valence-corrected chi connectivity index (χ1v) is 10.3. The normalized spacial score (nSPS) is 16.9. The number of hydrogen-bond acceptors (Lipinski definition) is 4. The Morgan fingerprint density at radius 1 is 1.35 bits per heavy atom. The van der Waals surface area contributed by atoms with Crippen LogP contribution in [0.25, 0.3) is 11.0 Å². The second-order valence-electron chi connectivity index (χ2n) is 8.92. The van der Waals surface area contributed by atoms with Crippen molar-refractivity contribution in [3.63, 3.8) is 0 Å². The Labute approximate surface area is 180 Å². The minimum Gasteiger partial charge on any atom is -0.385 e. The highest BCUT2D eigenvalue weighted by Crippen LogP contribution is 2.43. The third-order valence-electron chi connectivity index (χ3n) is 6.21. The summed E-state index contributed by atoms with van der Waals surface area (Å²) in [5.74, 6) is -0.640. The number of rotatable bonds is 5. The smallest absolute Gasteiger partial charge is 0.229 e. The van der Waals surface area contributed by atoms with Crippen LogP contribution in [0.2, 0.25) is 0 Å². The Kier molecular flexibility index (Phi) is 5.06. The second kappa shape index (κ2) is 7.47. The summed E-state index contributed by atoms with van der Waals surface area (Å²) in [5.41, 5.74) is 0.912. The quantitative estimate of drug-likeness (QED) is 0.636. The number of imidazole rings is 1. The maximum Gasteiger partial charge on any atom is 0.229 e. The SMILES string of the molecule is Cc1ccc(C(C)(O)CC(=O)Nc2nc3ccc(C#N)cc3n2C2(C)CCC2)c(F)c1. The lowest BCUT2D eigenvalue weighted by Gasteiger charge is -2.41. The number of nitrogens with one attached hydrogen (secondary N) is 1. The van der Waals surface area contributed by atoms with Crippen LogP contribution in [-0.2, 0) is 15.9 Å². The maximum atomic E-state index is 14.4. The van der Waals surface area contributed by atoms with Crippen LogP contribution in [0.1, 0.15) is 56.2 Å². The molecule has 1 heterocycles. The van der Waals surface area contributed by atoms with E-state index in [9.17, 15) is 19.6 Å². The molecule has 1 amide bonds. The van der Waals surface area contributed by atoms with Gasteiger partial charge < -0.3 is 9.67 Å². The topological polar surface area (TPSA) is 90.9 Å². The number of benzene rings is 2. The molecule has 1 fully saturated rings. The van der Waals surface area contributed by atoms with Crippen LogP contribution in [0.15, 0.2) is 36.4 Å². The molecule has 160 valence electrons. The number of nitrogens with zero attached hydrogens (tertiary/aromatic N) is 3. The first kappa shape index (κ1) is 21.0. The molecule has 1 aromatic heterocycles. The van der Waals surface area contributed by atoms with Gasteiger partial charge in [0.05, 0.1) is 34.7 Å². The number of carbonyl (C=O) groups is 1. The predicted molar refractivity (Wildman–Crippen MR) is 116 cm³/mol. The van der Waals surface area contributed by atoms with E-state index in [0.29, 0.717) is 17.0 Å². The molecule has 0 radical (unpaired) electrons. The van der Waals surface area contributed by atoms with Crippen molar-refractivity contribution in [1.82, 2.24) is 9.55 Å². The Bertz CT molecular complexity index is 1220. The van der Waals surface area contributed by atoms with Gasteiger partial charge in [0.1, 0.15) is 5.82 Å². The van der Waals surface area contributed by atoms with E-state index in [2.05, 4.69) is 23.3 Å². The molecule has 1 atom stereocenters. The zero-order valence-electron chi connectivity index (χ0n) is 17.9. The third kappa shape index (κ3) is 3.79. The average Bonchev–Trinajstić information content (AvgIpc) is 3.02. The summed E-state index contributed by atoms with van der Waals surface area (Å²) in [7, 11) is 0. The van der Waals surface area contributed by atoms with Crippen molar-refractivity contribution >= 4 is 22.9 Å². The Hall–Kier alpha value is -3.24. The molecule has 0 spiro atoms. The summed E-state index contributed by atoms with van der Waals surface area (Å²) in [6, 6.07) is 11.9. The van der Waals surface area contributed by atoms with Crippen LogP contribution in [0, 0.1) is 24.1 Å². The summed E-state index contributed by atoms with van der Waals surface area (Å²) in [6.45, 7) is 5.29. The van der Waals surface area contributed by atoms with Crippen LogP contribution in [0.5, 0.6) is 0 Å². The fourth-order valence-electron chi connectivity index (χ4n) is 4.32. The van der Waals surface area contributed by atoms with Crippen LogP contribution < -0.4 is 5.32 Å². The summed E-state index contributed by atoms with van der Waals surface area (Å²) >= 11 is 0. The molecular formula is C24H25FN4O2. The number of nitriles is 1. The van der Waals surface area contributed by atoms with Crippen molar-refractivity contribution in [2.75, 3.05) is 5.32 Å². The van der Waals surface area contributed by atoms with E-state index in [1.807, 2.05) is 4.57 Å². The predicted octanol–water partition coefficient (Wildman–Crippen LogP) is 4.49. The lowest BCUT2D eigenvalue weighted by Crippen LogP contribution is -2.39. The number of carbonyl (C=O) groups excluding carboxylic acids is 1. The highest BCUT2D eigenvalue weighted by molar-refractivity contribution is 5.92. The maximum absolute atomic E-state index is 14.4.